The van der Waals surface area contributed by atoms with E-state index in [4.69, 9.17) is 4.74 Å². The Labute approximate surface area is 115 Å². The molecule has 0 spiro atoms. The zero-order valence-corrected chi connectivity index (χ0v) is 11.9. The highest BCUT2D eigenvalue weighted by atomic mass is 16.5. The van der Waals surface area contributed by atoms with Crippen molar-refractivity contribution < 1.29 is 4.74 Å². The van der Waals surface area contributed by atoms with Crippen molar-refractivity contribution in [1.29, 1.82) is 0 Å². The van der Waals surface area contributed by atoms with Gasteiger partial charge < -0.3 is 15.0 Å². The van der Waals surface area contributed by atoms with Gasteiger partial charge in [0.05, 0.1) is 18.8 Å². The summed E-state index contributed by atoms with van der Waals surface area (Å²) in [6.07, 6.45) is 6.52. The van der Waals surface area contributed by atoms with Gasteiger partial charge in [0.1, 0.15) is 0 Å². The van der Waals surface area contributed by atoms with Crippen LogP contribution in [-0.2, 0) is 11.3 Å². The molecule has 1 saturated heterocycles. The smallest absolute Gasteiger partial charge is 0.0694 e. The maximum Gasteiger partial charge on any atom is 0.0694 e. The lowest BCUT2D eigenvalue weighted by atomic mass is 10.0. The number of pyridine rings is 1. The van der Waals surface area contributed by atoms with Gasteiger partial charge >= 0.3 is 0 Å². The lowest BCUT2D eigenvalue weighted by Gasteiger charge is -2.44. The van der Waals surface area contributed by atoms with Gasteiger partial charge in [-0.15, -0.1) is 0 Å². The molecule has 1 saturated carbocycles. The molecule has 19 heavy (non-hydrogen) atoms. The Morgan fingerprint density at radius 3 is 3.05 bits per heavy atom. The van der Waals surface area contributed by atoms with E-state index in [2.05, 4.69) is 35.1 Å². The van der Waals surface area contributed by atoms with Gasteiger partial charge in [-0.05, 0) is 32.8 Å². The largest absolute Gasteiger partial charge is 0.377 e. The lowest BCUT2D eigenvalue weighted by molar-refractivity contribution is 0.0643. The second kappa shape index (κ2) is 5.10. The highest BCUT2D eigenvalue weighted by molar-refractivity contribution is 5.54. The molecular formula is C15H23N3O. The molecule has 2 aliphatic rings. The van der Waals surface area contributed by atoms with Crippen LogP contribution in [0.5, 0.6) is 0 Å². The fourth-order valence-electron chi connectivity index (χ4n) is 2.67. The van der Waals surface area contributed by atoms with Gasteiger partial charge in [-0.25, -0.2) is 0 Å². The number of morpholine rings is 1. The van der Waals surface area contributed by atoms with Crippen molar-refractivity contribution in [2.75, 3.05) is 24.7 Å². The highest BCUT2D eigenvalue weighted by Gasteiger charge is 2.32. The fourth-order valence-corrected chi connectivity index (χ4v) is 2.67. The number of hydrogen-bond donors (Lipinski definition) is 1. The topological polar surface area (TPSA) is 37.4 Å². The molecular weight excluding hydrogens is 238 g/mol. The van der Waals surface area contributed by atoms with Gasteiger partial charge in [-0.3, -0.25) is 4.98 Å². The molecule has 0 amide bonds. The predicted molar refractivity (Wildman–Crippen MR) is 76.3 cm³/mol. The molecule has 1 aliphatic heterocycles. The van der Waals surface area contributed by atoms with Gasteiger partial charge in [0.2, 0.25) is 0 Å². The average Bonchev–Trinajstić information content (AvgIpc) is 3.20. The maximum absolute atomic E-state index is 5.61. The predicted octanol–water partition coefficient (Wildman–Crippen LogP) is 1.95. The summed E-state index contributed by atoms with van der Waals surface area (Å²) in [5.41, 5.74) is 2.65. The molecule has 2 fully saturated rings. The van der Waals surface area contributed by atoms with Gasteiger partial charge in [0, 0.05) is 42.8 Å². The number of nitrogens with zero attached hydrogens (tertiary/aromatic N) is 2. The first-order chi connectivity index (χ1) is 9.17. The Balaban J connectivity index is 1.81. The quantitative estimate of drug-likeness (QED) is 0.899. The summed E-state index contributed by atoms with van der Waals surface area (Å²) < 4.78 is 5.61. The number of ether oxygens (including phenoxy) is 1. The SMILES string of the molecule is CC1(C)COCCN1c1ccncc1CNC1CC1. The van der Waals surface area contributed by atoms with E-state index in [0.29, 0.717) is 0 Å². The van der Waals surface area contributed by atoms with Crippen molar-refractivity contribution in [3.63, 3.8) is 0 Å². The van der Waals surface area contributed by atoms with Crippen LogP contribution in [0, 0.1) is 0 Å². The summed E-state index contributed by atoms with van der Waals surface area (Å²) >= 11 is 0. The van der Waals surface area contributed by atoms with Gasteiger partial charge in [-0.1, -0.05) is 0 Å². The molecule has 1 aromatic rings. The third kappa shape index (κ3) is 2.90. The maximum atomic E-state index is 5.61. The average molecular weight is 261 g/mol. The molecule has 1 aromatic heterocycles. The Hall–Kier alpha value is -1.13. The highest BCUT2D eigenvalue weighted by Crippen LogP contribution is 2.30. The summed E-state index contributed by atoms with van der Waals surface area (Å²) in [4.78, 5) is 6.75. The third-order valence-electron chi connectivity index (χ3n) is 3.97. The van der Waals surface area contributed by atoms with Crippen LogP contribution < -0.4 is 10.2 Å². The number of anilines is 1. The van der Waals surface area contributed by atoms with Gasteiger partial charge in [-0.2, -0.15) is 0 Å². The normalized spacial score (nSPS) is 22.5. The van der Waals surface area contributed by atoms with Crippen LogP contribution in [0.25, 0.3) is 0 Å². The van der Waals surface area contributed by atoms with Crippen LogP contribution >= 0.6 is 0 Å². The van der Waals surface area contributed by atoms with Crippen molar-refractivity contribution in [1.82, 2.24) is 10.3 Å². The van der Waals surface area contributed by atoms with E-state index in [1.807, 2.05) is 12.4 Å². The Bertz CT molecular complexity index is 443. The molecule has 4 nitrogen and oxygen atoms in total. The minimum absolute atomic E-state index is 0.0495. The van der Waals surface area contributed by atoms with Crippen LogP contribution in [0.4, 0.5) is 5.69 Å². The first-order valence-corrected chi connectivity index (χ1v) is 7.18. The lowest BCUT2D eigenvalue weighted by Crippen LogP contribution is -2.53. The van der Waals surface area contributed by atoms with E-state index in [0.717, 1.165) is 32.3 Å². The molecule has 1 N–H and O–H groups in total. The zero-order chi connectivity index (χ0) is 13.3. The summed E-state index contributed by atoms with van der Waals surface area (Å²) in [5, 5.41) is 3.58. The van der Waals surface area contributed by atoms with Crippen LogP contribution in [0.2, 0.25) is 0 Å². The van der Waals surface area contributed by atoms with E-state index in [9.17, 15) is 0 Å². The Morgan fingerprint density at radius 2 is 2.32 bits per heavy atom. The second-order valence-corrected chi connectivity index (χ2v) is 6.18. The van der Waals surface area contributed by atoms with E-state index < -0.39 is 0 Å². The minimum atomic E-state index is 0.0495. The molecule has 0 bridgehead atoms. The van der Waals surface area contributed by atoms with E-state index in [1.165, 1.54) is 24.1 Å². The first kappa shape index (κ1) is 12.9. The van der Waals surface area contributed by atoms with E-state index in [1.54, 1.807) is 0 Å². The van der Waals surface area contributed by atoms with Crippen LogP contribution in [0.3, 0.4) is 0 Å². The standard InChI is InChI=1S/C15H23N3O/c1-15(2)11-19-8-7-18(15)14-5-6-16-9-12(14)10-17-13-3-4-13/h5-6,9,13,17H,3-4,7-8,10-11H2,1-2H3. The van der Waals surface area contributed by atoms with E-state index >= 15 is 0 Å². The molecule has 0 unspecified atom stereocenters. The summed E-state index contributed by atoms with van der Waals surface area (Å²) in [7, 11) is 0. The third-order valence-corrected chi connectivity index (χ3v) is 3.97. The Kier molecular flexibility index (Phi) is 3.46. The fraction of sp³-hybridized carbons (Fsp3) is 0.667. The second-order valence-electron chi connectivity index (χ2n) is 6.18. The van der Waals surface area contributed by atoms with Crippen molar-refractivity contribution >= 4 is 5.69 Å². The zero-order valence-electron chi connectivity index (χ0n) is 11.9. The van der Waals surface area contributed by atoms with Crippen molar-refractivity contribution in [3.05, 3.63) is 24.0 Å². The molecule has 104 valence electrons. The number of rotatable bonds is 4. The summed E-state index contributed by atoms with van der Waals surface area (Å²) in [6.45, 7) is 7.94. The Morgan fingerprint density at radius 1 is 1.47 bits per heavy atom. The van der Waals surface area contributed by atoms with Gasteiger partial charge in [0.25, 0.3) is 0 Å². The molecule has 2 heterocycles. The van der Waals surface area contributed by atoms with Crippen molar-refractivity contribution in [3.8, 4) is 0 Å². The summed E-state index contributed by atoms with van der Waals surface area (Å²) in [6, 6.07) is 2.86. The minimum Gasteiger partial charge on any atom is -0.377 e. The molecule has 1 aliphatic carbocycles. The van der Waals surface area contributed by atoms with Crippen LogP contribution in [0.15, 0.2) is 18.5 Å². The van der Waals surface area contributed by atoms with E-state index in [-0.39, 0.29) is 5.54 Å². The molecule has 0 radical (unpaired) electrons. The molecule has 0 aromatic carbocycles. The monoisotopic (exact) mass is 261 g/mol. The molecule has 3 rings (SSSR count). The molecule has 4 heteroatoms. The number of aromatic nitrogens is 1. The van der Waals surface area contributed by atoms with Crippen molar-refractivity contribution in [2.45, 2.75) is 44.8 Å². The van der Waals surface area contributed by atoms with Crippen molar-refractivity contribution in [2.24, 2.45) is 0 Å². The van der Waals surface area contributed by atoms with Crippen LogP contribution in [0.1, 0.15) is 32.3 Å². The number of nitrogens with one attached hydrogen (secondary N) is 1. The molecule has 0 atom stereocenters. The number of hydrogen-bond acceptors (Lipinski definition) is 4. The van der Waals surface area contributed by atoms with Crippen LogP contribution in [-0.4, -0.2) is 36.3 Å². The first-order valence-electron chi connectivity index (χ1n) is 7.18. The van der Waals surface area contributed by atoms with Gasteiger partial charge in [0.15, 0.2) is 0 Å². The summed E-state index contributed by atoms with van der Waals surface area (Å²) in [5.74, 6) is 0.